The maximum Gasteiger partial charge on any atom is 0.255 e. The molecular weight excluding hydrogens is 370 g/mol. The fourth-order valence-corrected chi connectivity index (χ4v) is 6.09. The molecule has 1 aromatic heterocycles. The number of carbonyl (C=O) groups is 1. The van der Waals surface area contributed by atoms with Crippen molar-refractivity contribution in [1.29, 1.82) is 0 Å². The highest BCUT2D eigenvalue weighted by Gasteiger charge is 2.42. The molecule has 1 amide bonds. The number of benzene rings is 1. The lowest BCUT2D eigenvalue weighted by Crippen LogP contribution is -2.42. The van der Waals surface area contributed by atoms with Crippen LogP contribution in [-0.2, 0) is 10.8 Å². The summed E-state index contributed by atoms with van der Waals surface area (Å²) in [7, 11) is -0.782. The Morgan fingerprint density at radius 1 is 1.18 bits per heavy atom. The summed E-state index contributed by atoms with van der Waals surface area (Å²) in [5.74, 6) is 3.11. The second kappa shape index (κ2) is 6.99. The molecule has 2 aromatic rings. The van der Waals surface area contributed by atoms with E-state index in [1.54, 1.807) is 6.20 Å². The minimum atomic E-state index is -0.782. The predicted octanol–water partition coefficient (Wildman–Crippen LogP) is 3.70. The Morgan fingerprint density at radius 2 is 1.93 bits per heavy atom. The maximum atomic E-state index is 13.2. The lowest BCUT2D eigenvalue weighted by molar-refractivity contribution is 0.0769. The number of aromatic nitrogens is 1. The van der Waals surface area contributed by atoms with Gasteiger partial charge in [0.25, 0.3) is 5.91 Å². The molecule has 3 aliphatic rings. The number of nitrogens with zero attached hydrogens (tertiary/aromatic N) is 2. The number of aryl methyl sites for hydroxylation is 1. The van der Waals surface area contributed by atoms with Crippen LogP contribution in [0.1, 0.15) is 58.1 Å². The average molecular weight is 396 g/mol. The molecule has 2 bridgehead atoms. The van der Waals surface area contributed by atoms with Gasteiger partial charge in [-0.05, 0) is 61.3 Å². The third-order valence-corrected chi connectivity index (χ3v) is 7.66. The molecule has 1 saturated carbocycles. The molecule has 28 heavy (non-hydrogen) atoms. The van der Waals surface area contributed by atoms with E-state index in [-0.39, 0.29) is 5.91 Å². The van der Waals surface area contributed by atoms with E-state index in [4.69, 9.17) is 4.98 Å². The van der Waals surface area contributed by atoms with E-state index in [1.807, 2.05) is 11.0 Å². The molecule has 146 valence electrons. The van der Waals surface area contributed by atoms with E-state index in [9.17, 15) is 9.00 Å². The van der Waals surface area contributed by atoms with Crippen molar-refractivity contribution >= 4 is 28.2 Å². The molecule has 2 aliphatic carbocycles. The summed E-state index contributed by atoms with van der Waals surface area (Å²) in [6, 6.07) is 8.30. The first-order valence-corrected chi connectivity index (χ1v) is 11.6. The number of nitrogens with one attached hydrogen (secondary N) is 1. The number of hydrogen-bond acceptors (Lipinski definition) is 4. The van der Waals surface area contributed by atoms with E-state index < -0.39 is 10.8 Å². The largest absolute Gasteiger partial charge is 0.340 e. The summed E-state index contributed by atoms with van der Waals surface area (Å²) < 4.78 is 11.7. The molecule has 2 unspecified atom stereocenters. The van der Waals surface area contributed by atoms with Crippen molar-refractivity contribution in [2.24, 2.45) is 0 Å². The van der Waals surface area contributed by atoms with Crippen LogP contribution in [0.2, 0.25) is 0 Å². The second-order valence-corrected chi connectivity index (χ2v) is 9.89. The van der Waals surface area contributed by atoms with E-state index in [1.165, 1.54) is 23.1 Å². The smallest absolute Gasteiger partial charge is 0.255 e. The van der Waals surface area contributed by atoms with Crippen molar-refractivity contribution in [3.05, 3.63) is 52.7 Å². The SMILES string of the molecule is Cc1cccc(Nc2ncc(C(=O)N3CCS(=O)CC3)c3c2C2CCC3C2)c1. The molecular formula is C22H25N3O2S. The fourth-order valence-electron chi connectivity index (χ4n) is 5.04. The lowest BCUT2D eigenvalue weighted by Gasteiger charge is -2.29. The van der Waals surface area contributed by atoms with E-state index in [0.717, 1.165) is 29.9 Å². The van der Waals surface area contributed by atoms with Crippen molar-refractivity contribution < 1.29 is 9.00 Å². The van der Waals surface area contributed by atoms with Crippen LogP contribution >= 0.6 is 0 Å². The number of carbonyl (C=O) groups excluding carboxylic acids is 1. The van der Waals surface area contributed by atoms with Crippen LogP contribution in [-0.4, -0.2) is 44.6 Å². The fraction of sp³-hybridized carbons (Fsp3) is 0.455. The Labute approximate surface area is 168 Å². The molecule has 1 aliphatic heterocycles. The van der Waals surface area contributed by atoms with Crippen molar-refractivity contribution in [3.8, 4) is 0 Å². The first-order chi connectivity index (χ1) is 13.6. The molecule has 0 radical (unpaired) electrons. The average Bonchev–Trinajstić information content (AvgIpc) is 3.31. The highest BCUT2D eigenvalue weighted by atomic mass is 32.2. The highest BCUT2D eigenvalue weighted by molar-refractivity contribution is 7.85. The van der Waals surface area contributed by atoms with E-state index in [2.05, 4.69) is 30.4 Å². The van der Waals surface area contributed by atoms with Gasteiger partial charge in [-0.25, -0.2) is 4.98 Å². The highest BCUT2D eigenvalue weighted by Crippen LogP contribution is 2.56. The molecule has 2 heterocycles. The topological polar surface area (TPSA) is 62.3 Å². The van der Waals surface area contributed by atoms with Gasteiger partial charge in [-0.1, -0.05) is 12.1 Å². The van der Waals surface area contributed by atoms with Gasteiger partial charge in [0.2, 0.25) is 0 Å². The summed E-state index contributed by atoms with van der Waals surface area (Å²) in [6.07, 6.45) is 5.25. The standard InChI is InChI=1S/C22H25N3O2S/c1-14-3-2-4-17(11-14)24-21-20-16-6-5-15(12-16)19(20)18(13-23-21)22(26)25-7-9-28(27)10-8-25/h2-4,11,13,15-16H,5-10,12H2,1H3,(H,23,24). The van der Waals surface area contributed by atoms with Gasteiger partial charge >= 0.3 is 0 Å². The quantitative estimate of drug-likeness (QED) is 0.861. The van der Waals surface area contributed by atoms with Crippen LogP contribution in [0, 0.1) is 6.92 Å². The van der Waals surface area contributed by atoms with Crippen molar-refractivity contribution in [2.45, 2.75) is 38.0 Å². The van der Waals surface area contributed by atoms with Crippen LogP contribution in [0.3, 0.4) is 0 Å². The third-order valence-electron chi connectivity index (χ3n) is 6.38. The van der Waals surface area contributed by atoms with Gasteiger partial charge < -0.3 is 10.2 Å². The molecule has 6 heteroatoms. The number of amides is 1. The van der Waals surface area contributed by atoms with Crippen LogP contribution in [0.4, 0.5) is 11.5 Å². The molecule has 1 aromatic carbocycles. The molecule has 5 nitrogen and oxygen atoms in total. The number of pyridine rings is 1. The summed E-state index contributed by atoms with van der Waals surface area (Å²) >= 11 is 0. The van der Waals surface area contributed by atoms with Gasteiger partial charge in [0.05, 0.1) is 5.56 Å². The Morgan fingerprint density at radius 3 is 2.68 bits per heavy atom. The Bertz CT molecular complexity index is 964. The summed E-state index contributed by atoms with van der Waals surface area (Å²) in [4.78, 5) is 19.8. The molecule has 1 saturated heterocycles. The van der Waals surface area contributed by atoms with Crippen LogP contribution < -0.4 is 5.32 Å². The number of rotatable bonds is 3. The van der Waals surface area contributed by atoms with Gasteiger partial charge in [0.15, 0.2) is 0 Å². The van der Waals surface area contributed by atoms with Crippen LogP contribution in [0.5, 0.6) is 0 Å². The van der Waals surface area contributed by atoms with Crippen LogP contribution in [0.25, 0.3) is 0 Å². The zero-order chi connectivity index (χ0) is 19.3. The number of anilines is 2. The number of fused-ring (bicyclic) bond motifs is 5. The Hall–Kier alpha value is -2.21. The summed E-state index contributed by atoms with van der Waals surface area (Å²) in [6.45, 7) is 3.24. The number of hydrogen-bond donors (Lipinski definition) is 1. The van der Waals surface area contributed by atoms with Crippen molar-refractivity contribution in [3.63, 3.8) is 0 Å². The summed E-state index contributed by atoms with van der Waals surface area (Å²) in [5.41, 5.74) is 5.49. The maximum absolute atomic E-state index is 13.2. The van der Waals surface area contributed by atoms with Crippen LogP contribution in [0.15, 0.2) is 30.5 Å². The monoisotopic (exact) mass is 395 g/mol. The normalized spacial score (nSPS) is 23.7. The molecule has 2 atom stereocenters. The predicted molar refractivity (Wildman–Crippen MR) is 112 cm³/mol. The van der Waals surface area contributed by atoms with Gasteiger partial charge in [0.1, 0.15) is 5.82 Å². The minimum absolute atomic E-state index is 0.0649. The van der Waals surface area contributed by atoms with Crippen molar-refractivity contribution in [2.75, 3.05) is 29.9 Å². The molecule has 0 spiro atoms. The minimum Gasteiger partial charge on any atom is -0.340 e. The van der Waals surface area contributed by atoms with Gasteiger partial charge in [-0.2, -0.15) is 0 Å². The first kappa shape index (κ1) is 17.9. The molecule has 1 N–H and O–H groups in total. The molecule has 2 fully saturated rings. The molecule has 5 rings (SSSR count). The van der Waals surface area contributed by atoms with E-state index in [0.29, 0.717) is 36.4 Å². The van der Waals surface area contributed by atoms with E-state index >= 15 is 0 Å². The second-order valence-electron chi connectivity index (χ2n) is 8.19. The van der Waals surface area contributed by atoms with Crippen molar-refractivity contribution in [1.82, 2.24) is 9.88 Å². The van der Waals surface area contributed by atoms with Gasteiger partial charge in [-0.3, -0.25) is 9.00 Å². The van der Waals surface area contributed by atoms with Gasteiger partial charge in [0, 0.05) is 52.8 Å². The zero-order valence-electron chi connectivity index (χ0n) is 16.1. The Kier molecular flexibility index (Phi) is 4.46. The summed E-state index contributed by atoms with van der Waals surface area (Å²) in [5, 5.41) is 3.51. The lowest BCUT2D eigenvalue weighted by atomic mass is 9.88. The Balaban J connectivity index is 1.51. The zero-order valence-corrected chi connectivity index (χ0v) is 16.9. The van der Waals surface area contributed by atoms with Gasteiger partial charge in [-0.15, -0.1) is 0 Å². The third kappa shape index (κ3) is 3.04. The first-order valence-electron chi connectivity index (χ1n) is 10.1.